The van der Waals surface area contributed by atoms with Crippen LogP contribution in [0, 0.1) is 10.1 Å². The van der Waals surface area contributed by atoms with Crippen molar-refractivity contribution in [1.82, 2.24) is 4.98 Å². The number of halogens is 2. The minimum absolute atomic E-state index is 0.0669. The predicted octanol–water partition coefficient (Wildman–Crippen LogP) is 3.57. The van der Waals surface area contributed by atoms with E-state index in [4.69, 9.17) is 22.1 Å². The van der Waals surface area contributed by atoms with Crippen molar-refractivity contribution in [2.24, 2.45) is 0 Å². The smallest absolute Gasteiger partial charge is 0.274 e. The zero-order chi connectivity index (χ0) is 14.7. The molecule has 0 fully saturated rings. The van der Waals surface area contributed by atoms with Crippen molar-refractivity contribution < 1.29 is 9.66 Å². The Hall–Kier alpha value is -1.86. The van der Waals surface area contributed by atoms with Crippen LogP contribution in [0.15, 0.2) is 34.8 Å². The molecule has 0 radical (unpaired) electrons. The fraction of sp³-hybridized carbons (Fsp3) is 0.0833. The lowest BCUT2D eigenvalue weighted by Crippen LogP contribution is -2.02. The van der Waals surface area contributed by atoms with Crippen molar-refractivity contribution in [1.29, 1.82) is 0 Å². The molecule has 0 unspecified atom stereocenters. The minimum atomic E-state index is -0.497. The molecule has 0 aliphatic heterocycles. The average Bonchev–Trinajstić information content (AvgIpc) is 2.39. The number of nitro groups is 1. The van der Waals surface area contributed by atoms with Gasteiger partial charge in [-0.3, -0.25) is 10.1 Å². The Balaban J connectivity index is 2.18. The first-order valence-corrected chi connectivity index (χ1v) is 6.61. The standard InChI is InChI=1S/C12H9BrClN3O3/c13-7-3-8(17(18)19)5-9(4-7)20-6-11-10(14)1-2-12(15)16-11/h1-5H,6H2,(H2,15,16). The van der Waals surface area contributed by atoms with Crippen LogP contribution in [0.4, 0.5) is 11.5 Å². The number of benzene rings is 1. The van der Waals surface area contributed by atoms with Crippen LogP contribution in [0.2, 0.25) is 5.02 Å². The van der Waals surface area contributed by atoms with Gasteiger partial charge in [0.25, 0.3) is 5.69 Å². The summed E-state index contributed by atoms with van der Waals surface area (Å²) in [5.41, 5.74) is 5.96. The number of hydrogen-bond acceptors (Lipinski definition) is 5. The second-order valence-corrected chi connectivity index (χ2v) is 5.18. The minimum Gasteiger partial charge on any atom is -0.487 e. The molecule has 0 aliphatic rings. The van der Waals surface area contributed by atoms with E-state index in [2.05, 4.69) is 20.9 Å². The molecular formula is C12H9BrClN3O3. The average molecular weight is 359 g/mol. The van der Waals surface area contributed by atoms with Crippen molar-refractivity contribution >= 4 is 39.0 Å². The van der Waals surface area contributed by atoms with Gasteiger partial charge in [-0.25, -0.2) is 4.98 Å². The number of anilines is 1. The third-order valence-electron chi connectivity index (χ3n) is 2.38. The van der Waals surface area contributed by atoms with Crippen molar-refractivity contribution in [3.8, 4) is 5.75 Å². The van der Waals surface area contributed by atoms with E-state index in [1.54, 1.807) is 18.2 Å². The lowest BCUT2D eigenvalue weighted by molar-refractivity contribution is -0.385. The van der Waals surface area contributed by atoms with E-state index in [0.29, 0.717) is 26.8 Å². The van der Waals surface area contributed by atoms with Gasteiger partial charge < -0.3 is 10.5 Å². The number of nitrogens with zero attached hydrogens (tertiary/aromatic N) is 2. The largest absolute Gasteiger partial charge is 0.487 e. The van der Waals surface area contributed by atoms with Gasteiger partial charge in [0.15, 0.2) is 0 Å². The quantitative estimate of drug-likeness (QED) is 0.666. The van der Waals surface area contributed by atoms with Crippen LogP contribution in [-0.4, -0.2) is 9.91 Å². The van der Waals surface area contributed by atoms with Crippen LogP contribution in [0.5, 0.6) is 5.75 Å². The van der Waals surface area contributed by atoms with Gasteiger partial charge in [-0.2, -0.15) is 0 Å². The Bertz CT molecular complexity index is 666. The molecule has 0 aliphatic carbocycles. The van der Waals surface area contributed by atoms with Gasteiger partial charge in [-0.1, -0.05) is 27.5 Å². The Morgan fingerprint density at radius 3 is 2.85 bits per heavy atom. The summed E-state index contributed by atoms with van der Waals surface area (Å²) in [5.74, 6) is 0.666. The molecule has 0 spiro atoms. The molecule has 0 saturated heterocycles. The molecule has 104 valence electrons. The normalized spacial score (nSPS) is 10.3. The summed E-state index contributed by atoms with van der Waals surface area (Å²) in [4.78, 5) is 14.3. The highest BCUT2D eigenvalue weighted by Crippen LogP contribution is 2.27. The maximum atomic E-state index is 10.8. The van der Waals surface area contributed by atoms with E-state index >= 15 is 0 Å². The molecule has 1 aromatic carbocycles. The maximum Gasteiger partial charge on any atom is 0.274 e. The molecule has 2 N–H and O–H groups in total. The molecule has 0 saturated carbocycles. The zero-order valence-corrected chi connectivity index (χ0v) is 12.4. The van der Waals surface area contributed by atoms with Crippen LogP contribution in [0.1, 0.15) is 5.69 Å². The van der Waals surface area contributed by atoms with E-state index < -0.39 is 4.92 Å². The monoisotopic (exact) mass is 357 g/mol. The van der Waals surface area contributed by atoms with Crippen LogP contribution in [-0.2, 0) is 6.61 Å². The summed E-state index contributed by atoms with van der Waals surface area (Å²) in [7, 11) is 0. The third-order valence-corrected chi connectivity index (χ3v) is 3.18. The number of hydrogen-bond donors (Lipinski definition) is 1. The number of nitrogen functional groups attached to an aromatic ring is 1. The first-order valence-electron chi connectivity index (χ1n) is 5.44. The summed E-state index contributed by atoms with van der Waals surface area (Å²) in [6, 6.07) is 7.53. The second kappa shape index (κ2) is 6.06. The fourth-order valence-corrected chi connectivity index (χ4v) is 2.11. The first kappa shape index (κ1) is 14.5. The van der Waals surface area contributed by atoms with Crippen LogP contribution >= 0.6 is 27.5 Å². The Morgan fingerprint density at radius 1 is 1.40 bits per heavy atom. The summed E-state index contributed by atoms with van der Waals surface area (Å²) >= 11 is 9.15. The number of nitrogens with two attached hydrogens (primary N) is 1. The highest BCUT2D eigenvalue weighted by atomic mass is 79.9. The zero-order valence-electron chi connectivity index (χ0n) is 10.0. The third kappa shape index (κ3) is 3.58. The lowest BCUT2D eigenvalue weighted by Gasteiger charge is -2.08. The van der Waals surface area contributed by atoms with Crippen molar-refractivity contribution in [2.75, 3.05) is 5.73 Å². The summed E-state index contributed by atoms with van der Waals surface area (Å²) in [5, 5.41) is 11.2. The molecular weight excluding hydrogens is 350 g/mol. The van der Waals surface area contributed by atoms with Crippen LogP contribution in [0.3, 0.4) is 0 Å². The first-order chi connectivity index (χ1) is 9.45. The van der Waals surface area contributed by atoms with E-state index in [9.17, 15) is 10.1 Å². The van der Waals surface area contributed by atoms with E-state index in [-0.39, 0.29) is 12.3 Å². The Morgan fingerprint density at radius 2 is 2.15 bits per heavy atom. The molecule has 6 nitrogen and oxygen atoms in total. The van der Waals surface area contributed by atoms with Crippen LogP contribution < -0.4 is 10.5 Å². The molecule has 0 amide bonds. The number of non-ortho nitro benzene ring substituents is 1. The molecule has 2 aromatic rings. The lowest BCUT2D eigenvalue weighted by atomic mass is 10.3. The van der Waals surface area contributed by atoms with Crippen molar-refractivity contribution in [3.63, 3.8) is 0 Å². The van der Waals surface area contributed by atoms with Crippen molar-refractivity contribution in [3.05, 3.63) is 55.6 Å². The van der Waals surface area contributed by atoms with Gasteiger partial charge in [0.2, 0.25) is 0 Å². The second-order valence-electron chi connectivity index (χ2n) is 3.86. The van der Waals surface area contributed by atoms with E-state index in [1.807, 2.05) is 0 Å². The molecule has 20 heavy (non-hydrogen) atoms. The van der Waals surface area contributed by atoms with E-state index in [0.717, 1.165) is 0 Å². The summed E-state index contributed by atoms with van der Waals surface area (Å²) < 4.78 is 6.01. The SMILES string of the molecule is Nc1ccc(Cl)c(COc2cc(Br)cc([N+](=O)[O-])c2)n1. The van der Waals surface area contributed by atoms with E-state index in [1.165, 1.54) is 12.1 Å². The van der Waals surface area contributed by atoms with Gasteiger partial charge in [-0.15, -0.1) is 0 Å². The molecule has 2 rings (SSSR count). The number of nitro benzene ring substituents is 1. The Labute approximate surface area is 127 Å². The van der Waals surface area contributed by atoms with Gasteiger partial charge in [0, 0.05) is 10.5 Å². The number of ether oxygens (including phenoxy) is 1. The van der Waals surface area contributed by atoms with Crippen LogP contribution in [0.25, 0.3) is 0 Å². The summed E-state index contributed by atoms with van der Waals surface area (Å²) in [6.07, 6.45) is 0. The predicted molar refractivity (Wildman–Crippen MR) is 78.8 cm³/mol. The number of rotatable bonds is 4. The fourth-order valence-electron chi connectivity index (χ4n) is 1.49. The Kier molecular flexibility index (Phi) is 4.41. The van der Waals surface area contributed by atoms with Gasteiger partial charge in [0.1, 0.15) is 18.2 Å². The molecule has 0 atom stereocenters. The van der Waals surface area contributed by atoms with Gasteiger partial charge >= 0.3 is 0 Å². The van der Waals surface area contributed by atoms with Gasteiger partial charge in [-0.05, 0) is 18.2 Å². The molecule has 0 bridgehead atoms. The highest BCUT2D eigenvalue weighted by molar-refractivity contribution is 9.10. The highest BCUT2D eigenvalue weighted by Gasteiger charge is 2.10. The van der Waals surface area contributed by atoms with Gasteiger partial charge in [0.05, 0.1) is 21.7 Å². The molecule has 1 heterocycles. The number of aromatic nitrogens is 1. The molecule has 1 aromatic heterocycles. The maximum absolute atomic E-state index is 10.8. The topological polar surface area (TPSA) is 91.3 Å². The van der Waals surface area contributed by atoms with Crippen molar-refractivity contribution in [2.45, 2.75) is 6.61 Å². The summed E-state index contributed by atoms with van der Waals surface area (Å²) in [6.45, 7) is 0.0669. The molecule has 8 heteroatoms. The number of pyridine rings is 1.